The zero-order valence-corrected chi connectivity index (χ0v) is 17.0. The van der Waals surface area contributed by atoms with Gasteiger partial charge in [-0.2, -0.15) is 0 Å². The molecule has 0 saturated carbocycles. The van der Waals surface area contributed by atoms with Gasteiger partial charge in [0.2, 0.25) is 0 Å². The SMILES string of the molecule is Cc1ccc(-c2ccc(CO)o2)cc1NC(=S)NC(=O)COc1ccccc1C. The Bertz CT molecular complexity index is 1030. The molecular weight excluding hydrogens is 388 g/mol. The van der Waals surface area contributed by atoms with E-state index in [1.54, 1.807) is 12.1 Å². The highest BCUT2D eigenvalue weighted by atomic mass is 32.1. The van der Waals surface area contributed by atoms with Gasteiger partial charge in [-0.3, -0.25) is 10.1 Å². The molecule has 0 spiro atoms. The third-order valence-electron chi connectivity index (χ3n) is 4.29. The minimum absolute atomic E-state index is 0.137. The Hall–Kier alpha value is -3.16. The number of amides is 1. The van der Waals surface area contributed by atoms with E-state index in [1.165, 1.54) is 0 Å². The Morgan fingerprint density at radius 1 is 1.10 bits per heavy atom. The Labute approximate surface area is 174 Å². The van der Waals surface area contributed by atoms with Crippen molar-refractivity contribution < 1.29 is 19.1 Å². The molecule has 150 valence electrons. The molecule has 1 aromatic heterocycles. The molecule has 3 rings (SSSR count). The normalized spacial score (nSPS) is 10.4. The average Bonchev–Trinajstić information content (AvgIpc) is 3.18. The number of hydrogen-bond acceptors (Lipinski definition) is 5. The molecule has 0 unspecified atom stereocenters. The van der Waals surface area contributed by atoms with E-state index in [-0.39, 0.29) is 24.2 Å². The van der Waals surface area contributed by atoms with Gasteiger partial charge in [0, 0.05) is 11.3 Å². The first-order valence-electron chi connectivity index (χ1n) is 9.06. The first-order chi connectivity index (χ1) is 14.0. The molecule has 0 radical (unpaired) electrons. The second-order valence-corrected chi connectivity index (χ2v) is 6.92. The van der Waals surface area contributed by atoms with E-state index in [4.69, 9.17) is 26.5 Å². The second-order valence-electron chi connectivity index (χ2n) is 6.51. The van der Waals surface area contributed by atoms with Crippen molar-refractivity contribution in [2.75, 3.05) is 11.9 Å². The molecular formula is C22H22N2O4S. The molecule has 2 aromatic carbocycles. The summed E-state index contributed by atoms with van der Waals surface area (Å²) in [7, 11) is 0. The van der Waals surface area contributed by atoms with Crippen molar-refractivity contribution in [1.29, 1.82) is 0 Å². The standard InChI is InChI=1S/C22H22N2O4S/c1-14-7-8-16(20-10-9-17(12-25)28-20)11-18(14)23-22(29)24-21(26)13-27-19-6-4-3-5-15(19)2/h3-11,25H,12-13H2,1-2H3,(H2,23,24,26,29). The number of ether oxygens (including phenoxy) is 1. The number of carbonyl (C=O) groups excluding carboxylic acids is 1. The van der Waals surface area contributed by atoms with Crippen LogP contribution in [0.3, 0.4) is 0 Å². The number of carbonyl (C=O) groups is 1. The fourth-order valence-corrected chi connectivity index (χ4v) is 2.93. The zero-order valence-electron chi connectivity index (χ0n) is 16.2. The lowest BCUT2D eigenvalue weighted by Gasteiger charge is -2.13. The number of furan rings is 1. The lowest BCUT2D eigenvalue weighted by Crippen LogP contribution is -2.37. The summed E-state index contributed by atoms with van der Waals surface area (Å²) < 4.78 is 11.1. The topological polar surface area (TPSA) is 83.7 Å². The van der Waals surface area contributed by atoms with Crippen LogP contribution in [0, 0.1) is 13.8 Å². The number of anilines is 1. The molecule has 1 heterocycles. The molecule has 0 fully saturated rings. The van der Waals surface area contributed by atoms with Crippen LogP contribution < -0.4 is 15.4 Å². The second kappa shape index (κ2) is 9.36. The summed E-state index contributed by atoms with van der Waals surface area (Å²) >= 11 is 5.26. The summed E-state index contributed by atoms with van der Waals surface area (Å²) in [6.45, 7) is 3.55. The first-order valence-corrected chi connectivity index (χ1v) is 9.47. The number of nitrogens with one attached hydrogen (secondary N) is 2. The third kappa shape index (κ3) is 5.43. The van der Waals surface area contributed by atoms with E-state index in [2.05, 4.69) is 10.6 Å². The van der Waals surface area contributed by atoms with Crippen LogP contribution in [0.2, 0.25) is 0 Å². The highest BCUT2D eigenvalue weighted by Gasteiger charge is 2.10. The number of para-hydroxylation sites is 1. The van der Waals surface area contributed by atoms with E-state index in [0.717, 1.165) is 22.4 Å². The van der Waals surface area contributed by atoms with Crippen LogP contribution in [0.5, 0.6) is 5.75 Å². The summed E-state index contributed by atoms with van der Waals surface area (Å²) in [5, 5.41) is 15.0. The molecule has 0 saturated heterocycles. The van der Waals surface area contributed by atoms with Crippen LogP contribution in [-0.2, 0) is 11.4 Å². The van der Waals surface area contributed by atoms with Gasteiger partial charge in [-0.05, 0) is 61.5 Å². The molecule has 3 aromatic rings. The van der Waals surface area contributed by atoms with Crippen LogP contribution in [0.25, 0.3) is 11.3 Å². The molecule has 0 aliphatic heterocycles. The maximum absolute atomic E-state index is 12.1. The molecule has 1 amide bonds. The smallest absolute Gasteiger partial charge is 0.264 e. The van der Waals surface area contributed by atoms with Gasteiger partial charge in [-0.15, -0.1) is 0 Å². The van der Waals surface area contributed by atoms with Crippen LogP contribution in [0.15, 0.2) is 59.0 Å². The lowest BCUT2D eigenvalue weighted by atomic mass is 10.1. The van der Waals surface area contributed by atoms with Gasteiger partial charge in [-0.1, -0.05) is 30.3 Å². The maximum Gasteiger partial charge on any atom is 0.264 e. The summed E-state index contributed by atoms with van der Waals surface area (Å²) in [6.07, 6.45) is 0. The van der Waals surface area contributed by atoms with Crippen molar-refractivity contribution in [3.05, 3.63) is 71.5 Å². The first kappa shape index (κ1) is 20.6. The lowest BCUT2D eigenvalue weighted by molar-refractivity contribution is -0.121. The fraction of sp³-hybridized carbons (Fsp3) is 0.182. The Morgan fingerprint density at radius 2 is 1.90 bits per heavy atom. The van der Waals surface area contributed by atoms with Crippen molar-refractivity contribution in [1.82, 2.24) is 5.32 Å². The van der Waals surface area contributed by atoms with Crippen molar-refractivity contribution in [3.63, 3.8) is 0 Å². The molecule has 7 heteroatoms. The van der Waals surface area contributed by atoms with Gasteiger partial charge in [0.25, 0.3) is 5.91 Å². The number of thiocarbonyl (C=S) groups is 1. The van der Waals surface area contributed by atoms with E-state index in [1.807, 2.05) is 56.3 Å². The third-order valence-corrected chi connectivity index (χ3v) is 4.50. The van der Waals surface area contributed by atoms with Gasteiger partial charge in [-0.25, -0.2) is 0 Å². The van der Waals surface area contributed by atoms with E-state index < -0.39 is 0 Å². The molecule has 6 nitrogen and oxygen atoms in total. The van der Waals surface area contributed by atoms with Crippen LogP contribution in [0.4, 0.5) is 5.69 Å². The molecule has 0 aliphatic rings. The minimum atomic E-state index is -0.349. The number of rotatable bonds is 6. The molecule has 0 bridgehead atoms. The number of aryl methyl sites for hydroxylation is 2. The summed E-state index contributed by atoms with van der Waals surface area (Å²) in [5.74, 6) is 1.44. The summed E-state index contributed by atoms with van der Waals surface area (Å²) in [4.78, 5) is 12.1. The van der Waals surface area contributed by atoms with E-state index >= 15 is 0 Å². The minimum Gasteiger partial charge on any atom is -0.483 e. The predicted octanol–water partition coefficient (Wildman–Crippen LogP) is 3.95. The van der Waals surface area contributed by atoms with Gasteiger partial charge in [0.05, 0.1) is 0 Å². The van der Waals surface area contributed by atoms with Crippen molar-refractivity contribution >= 4 is 28.9 Å². The number of hydrogen-bond donors (Lipinski definition) is 3. The summed E-state index contributed by atoms with van der Waals surface area (Å²) in [5.41, 5.74) is 3.48. The quantitative estimate of drug-likeness (QED) is 0.534. The number of benzene rings is 2. The van der Waals surface area contributed by atoms with E-state index in [0.29, 0.717) is 17.3 Å². The Kier molecular flexibility index (Phi) is 6.64. The fourth-order valence-electron chi connectivity index (χ4n) is 2.71. The van der Waals surface area contributed by atoms with Gasteiger partial charge < -0.3 is 19.6 Å². The Balaban J connectivity index is 1.60. The number of aliphatic hydroxyl groups is 1. The monoisotopic (exact) mass is 410 g/mol. The molecule has 29 heavy (non-hydrogen) atoms. The number of aliphatic hydroxyl groups excluding tert-OH is 1. The predicted molar refractivity (Wildman–Crippen MR) is 116 cm³/mol. The highest BCUT2D eigenvalue weighted by molar-refractivity contribution is 7.80. The van der Waals surface area contributed by atoms with Crippen molar-refractivity contribution in [3.8, 4) is 17.1 Å². The molecule has 3 N–H and O–H groups in total. The highest BCUT2D eigenvalue weighted by Crippen LogP contribution is 2.27. The van der Waals surface area contributed by atoms with Gasteiger partial charge >= 0.3 is 0 Å². The maximum atomic E-state index is 12.1. The summed E-state index contributed by atoms with van der Waals surface area (Å²) in [6, 6.07) is 16.7. The van der Waals surface area contributed by atoms with Crippen LogP contribution >= 0.6 is 12.2 Å². The largest absolute Gasteiger partial charge is 0.483 e. The Morgan fingerprint density at radius 3 is 2.62 bits per heavy atom. The zero-order chi connectivity index (χ0) is 20.8. The van der Waals surface area contributed by atoms with Gasteiger partial charge in [0.1, 0.15) is 23.9 Å². The van der Waals surface area contributed by atoms with Gasteiger partial charge in [0.15, 0.2) is 11.7 Å². The molecule has 0 atom stereocenters. The molecule has 0 aliphatic carbocycles. The van der Waals surface area contributed by atoms with Crippen LogP contribution in [0.1, 0.15) is 16.9 Å². The van der Waals surface area contributed by atoms with Crippen molar-refractivity contribution in [2.24, 2.45) is 0 Å². The average molecular weight is 410 g/mol. The van der Waals surface area contributed by atoms with Crippen molar-refractivity contribution in [2.45, 2.75) is 20.5 Å². The van der Waals surface area contributed by atoms with Crippen LogP contribution in [-0.4, -0.2) is 22.7 Å². The van der Waals surface area contributed by atoms with E-state index in [9.17, 15) is 4.79 Å².